The Hall–Kier alpha value is -2.85. The van der Waals surface area contributed by atoms with Crippen molar-refractivity contribution in [3.05, 3.63) is 98.9 Å². The highest BCUT2D eigenvalue weighted by atomic mass is 35.5. The van der Waals surface area contributed by atoms with Gasteiger partial charge in [-0.1, -0.05) is 48.0 Å². The van der Waals surface area contributed by atoms with Crippen LogP contribution in [0.25, 0.3) is 0 Å². The molecule has 4 rings (SSSR count). The number of para-hydroxylation sites is 1. The first-order valence-electron chi connectivity index (χ1n) is 8.90. The van der Waals surface area contributed by atoms with Crippen molar-refractivity contribution in [3.8, 4) is 0 Å². The Morgan fingerprint density at radius 2 is 1.81 bits per heavy atom. The van der Waals surface area contributed by atoms with Gasteiger partial charge >= 0.3 is 0 Å². The number of anilines is 1. The van der Waals surface area contributed by atoms with Crippen molar-refractivity contribution in [1.82, 2.24) is 4.57 Å². The molecule has 5 heteroatoms. The van der Waals surface area contributed by atoms with E-state index >= 15 is 0 Å². The van der Waals surface area contributed by atoms with Crippen molar-refractivity contribution >= 4 is 23.2 Å². The number of benzene rings is 2. The van der Waals surface area contributed by atoms with Crippen molar-refractivity contribution in [2.75, 3.05) is 4.90 Å². The number of hydrogen-bond donors (Lipinski definition) is 0. The fourth-order valence-corrected chi connectivity index (χ4v) is 3.80. The third kappa shape index (κ3) is 3.28. The number of nitrogens with zero attached hydrogens (tertiary/aromatic N) is 2. The van der Waals surface area contributed by atoms with Crippen LogP contribution in [-0.4, -0.2) is 16.5 Å². The molecule has 0 N–H and O–H groups in total. The summed E-state index contributed by atoms with van der Waals surface area (Å²) < 4.78 is 1.53. The monoisotopic (exact) mass is 378 g/mol. The van der Waals surface area contributed by atoms with Crippen LogP contribution in [0.4, 0.5) is 5.69 Å². The van der Waals surface area contributed by atoms with E-state index in [1.165, 1.54) is 16.2 Å². The Balaban J connectivity index is 1.68. The molecule has 2 heterocycles. The minimum Gasteiger partial charge on any atom is -0.310 e. The summed E-state index contributed by atoms with van der Waals surface area (Å²) in [6.07, 6.45) is 2.46. The quantitative estimate of drug-likeness (QED) is 0.687. The van der Waals surface area contributed by atoms with Crippen molar-refractivity contribution < 1.29 is 4.79 Å². The van der Waals surface area contributed by atoms with Gasteiger partial charge in [-0.05, 0) is 42.7 Å². The van der Waals surface area contributed by atoms with E-state index < -0.39 is 0 Å². The molecule has 4 nitrogen and oxygen atoms in total. The highest BCUT2D eigenvalue weighted by molar-refractivity contribution is 6.31. The molecule has 0 saturated carbocycles. The molecule has 0 aliphatic carbocycles. The standard InChI is InChI=1S/C22H19ClN2O2/c1-15-12-16-6-3-5-9-20(16)25(15)22(27)18-10-11-21(26)24(14-18)13-17-7-2-4-8-19(17)23/h2-11,14-15H,12-13H2,1H3/t15-/m0/s1. The fraction of sp³-hybridized carbons (Fsp3) is 0.182. The Bertz CT molecular complexity index is 1070. The summed E-state index contributed by atoms with van der Waals surface area (Å²) in [4.78, 5) is 27.3. The molecule has 0 radical (unpaired) electrons. The van der Waals surface area contributed by atoms with Crippen molar-refractivity contribution in [2.24, 2.45) is 0 Å². The van der Waals surface area contributed by atoms with E-state index in [0.717, 1.165) is 17.7 Å². The summed E-state index contributed by atoms with van der Waals surface area (Å²) >= 11 is 6.22. The van der Waals surface area contributed by atoms with E-state index in [9.17, 15) is 9.59 Å². The van der Waals surface area contributed by atoms with Gasteiger partial charge in [0.05, 0.1) is 12.1 Å². The number of rotatable bonds is 3. The Morgan fingerprint density at radius 1 is 1.07 bits per heavy atom. The van der Waals surface area contributed by atoms with Gasteiger partial charge in [0, 0.05) is 29.0 Å². The van der Waals surface area contributed by atoms with Gasteiger partial charge in [-0.25, -0.2) is 0 Å². The second-order valence-corrected chi connectivity index (χ2v) is 7.24. The van der Waals surface area contributed by atoms with Gasteiger partial charge < -0.3 is 9.47 Å². The summed E-state index contributed by atoms with van der Waals surface area (Å²) in [7, 11) is 0. The van der Waals surface area contributed by atoms with Gasteiger partial charge in [0.1, 0.15) is 0 Å². The summed E-state index contributed by atoms with van der Waals surface area (Å²) in [5.74, 6) is -0.0969. The van der Waals surface area contributed by atoms with Gasteiger partial charge in [-0.3, -0.25) is 9.59 Å². The van der Waals surface area contributed by atoms with Gasteiger partial charge in [0.25, 0.3) is 11.5 Å². The maximum atomic E-state index is 13.2. The zero-order chi connectivity index (χ0) is 19.0. The number of pyridine rings is 1. The van der Waals surface area contributed by atoms with Crippen LogP contribution in [0.2, 0.25) is 5.02 Å². The Morgan fingerprint density at radius 3 is 2.63 bits per heavy atom. The second-order valence-electron chi connectivity index (χ2n) is 6.83. The fourth-order valence-electron chi connectivity index (χ4n) is 3.61. The second kappa shape index (κ2) is 7.05. The number of aromatic nitrogens is 1. The van der Waals surface area contributed by atoms with Crippen LogP contribution >= 0.6 is 11.6 Å². The number of hydrogen-bond acceptors (Lipinski definition) is 2. The number of amides is 1. The first kappa shape index (κ1) is 17.6. The minimum absolute atomic E-state index is 0.0823. The van der Waals surface area contributed by atoms with Crippen molar-refractivity contribution in [3.63, 3.8) is 0 Å². The Labute approximate surface area is 162 Å². The predicted octanol–water partition coefficient (Wildman–Crippen LogP) is 4.14. The molecule has 27 heavy (non-hydrogen) atoms. The third-order valence-electron chi connectivity index (χ3n) is 4.95. The lowest BCUT2D eigenvalue weighted by Gasteiger charge is -2.23. The molecule has 1 aliphatic heterocycles. The topological polar surface area (TPSA) is 42.3 Å². The van der Waals surface area contributed by atoms with Crippen LogP contribution in [-0.2, 0) is 13.0 Å². The molecule has 1 aromatic heterocycles. The molecule has 0 bridgehead atoms. The largest absolute Gasteiger partial charge is 0.310 e. The summed E-state index contributed by atoms with van der Waals surface area (Å²) in [6, 6.07) is 18.5. The SMILES string of the molecule is C[C@H]1Cc2ccccc2N1C(=O)c1ccc(=O)n(Cc2ccccc2Cl)c1. The smallest absolute Gasteiger partial charge is 0.260 e. The first-order chi connectivity index (χ1) is 13.0. The van der Waals surface area contributed by atoms with Gasteiger partial charge in [-0.2, -0.15) is 0 Å². The molecule has 136 valence electrons. The number of carbonyl (C=O) groups excluding carboxylic acids is 1. The molecule has 2 aromatic carbocycles. The van der Waals surface area contributed by atoms with Gasteiger partial charge in [-0.15, -0.1) is 0 Å². The van der Waals surface area contributed by atoms with E-state index in [-0.39, 0.29) is 17.5 Å². The lowest BCUT2D eigenvalue weighted by atomic mass is 10.1. The van der Waals surface area contributed by atoms with Crippen LogP contribution < -0.4 is 10.5 Å². The van der Waals surface area contributed by atoms with E-state index in [0.29, 0.717) is 17.1 Å². The van der Waals surface area contributed by atoms with Crippen molar-refractivity contribution in [2.45, 2.75) is 25.9 Å². The maximum absolute atomic E-state index is 13.2. The van der Waals surface area contributed by atoms with Gasteiger partial charge in [0.2, 0.25) is 0 Å². The zero-order valence-corrected chi connectivity index (χ0v) is 15.7. The molecule has 3 aromatic rings. The van der Waals surface area contributed by atoms with E-state index in [4.69, 9.17) is 11.6 Å². The molecule has 0 spiro atoms. The van der Waals surface area contributed by atoms with E-state index in [1.54, 1.807) is 18.3 Å². The summed E-state index contributed by atoms with van der Waals surface area (Å²) in [5, 5.41) is 0.600. The van der Waals surface area contributed by atoms with Crippen molar-refractivity contribution in [1.29, 1.82) is 0 Å². The normalized spacial score (nSPS) is 15.6. The van der Waals surface area contributed by atoms with Crippen LogP contribution in [0.1, 0.15) is 28.4 Å². The van der Waals surface area contributed by atoms with Gasteiger partial charge in [0.15, 0.2) is 0 Å². The summed E-state index contributed by atoms with van der Waals surface area (Å²) in [5.41, 5.74) is 3.28. The van der Waals surface area contributed by atoms with Crippen LogP contribution in [0.5, 0.6) is 0 Å². The summed E-state index contributed by atoms with van der Waals surface area (Å²) in [6.45, 7) is 2.36. The van der Waals surface area contributed by atoms with Crippen LogP contribution in [0, 0.1) is 0 Å². The molecular formula is C22H19ClN2O2. The number of carbonyl (C=O) groups is 1. The highest BCUT2D eigenvalue weighted by Gasteiger charge is 2.31. The predicted molar refractivity (Wildman–Crippen MR) is 108 cm³/mol. The van der Waals surface area contributed by atoms with E-state index in [2.05, 4.69) is 6.07 Å². The maximum Gasteiger partial charge on any atom is 0.260 e. The molecule has 0 fully saturated rings. The lowest BCUT2D eigenvalue weighted by molar-refractivity contribution is 0.0980. The van der Waals surface area contributed by atoms with E-state index in [1.807, 2.05) is 48.2 Å². The zero-order valence-electron chi connectivity index (χ0n) is 14.9. The molecule has 0 saturated heterocycles. The van der Waals surface area contributed by atoms with Crippen LogP contribution in [0.15, 0.2) is 71.7 Å². The number of fused-ring (bicyclic) bond motifs is 1. The average Bonchev–Trinajstić information content (AvgIpc) is 3.00. The average molecular weight is 379 g/mol. The molecule has 1 amide bonds. The third-order valence-corrected chi connectivity index (χ3v) is 5.32. The molecular weight excluding hydrogens is 360 g/mol. The Kier molecular flexibility index (Phi) is 4.58. The molecule has 1 aliphatic rings. The molecule has 1 atom stereocenters. The minimum atomic E-state index is -0.165. The highest BCUT2D eigenvalue weighted by Crippen LogP contribution is 2.32. The van der Waals surface area contributed by atoms with Crippen LogP contribution in [0.3, 0.4) is 0 Å². The first-order valence-corrected chi connectivity index (χ1v) is 9.28. The number of halogens is 1. The molecule has 0 unspecified atom stereocenters. The lowest BCUT2D eigenvalue weighted by Crippen LogP contribution is -2.36.